The number of carbonyl (C=O) groups is 1. The van der Waals surface area contributed by atoms with Crippen molar-refractivity contribution in [2.24, 2.45) is 0 Å². The Bertz CT molecular complexity index is 665. The summed E-state index contributed by atoms with van der Waals surface area (Å²) in [7, 11) is 0. The maximum Gasteiger partial charge on any atom is 0.255 e. The lowest BCUT2D eigenvalue weighted by Crippen LogP contribution is -2.08. The molecule has 2 rings (SSSR count). The van der Waals surface area contributed by atoms with Gasteiger partial charge in [-0.1, -0.05) is 11.6 Å². The molecule has 0 radical (unpaired) electrons. The summed E-state index contributed by atoms with van der Waals surface area (Å²) in [6, 6.07) is 7.62. The van der Waals surface area contributed by atoms with Crippen LogP contribution in [0.3, 0.4) is 0 Å². The summed E-state index contributed by atoms with van der Waals surface area (Å²) in [5.74, 6) is -0.0752. The largest absolute Gasteiger partial charge is 0.321 e. The Kier molecular flexibility index (Phi) is 2.91. The minimum atomic E-state index is -0.182. The molecule has 0 saturated heterocycles. The number of aromatic nitrogens is 1. The van der Waals surface area contributed by atoms with Crippen molar-refractivity contribution in [1.29, 1.82) is 0 Å². The maximum absolute atomic E-state index is 11.7. The molecule has 3 nitrogen and oxygen atoms in total. The second-order valence-corrected chi connectivity index (χ2v) is 4.09. The van der Waals surface area contributed by atoms with Gasteiger partial charge >= 0.3 is 0 Å². The Morgan fingerprint density at radius 2 is 2.06 bits per heavy atom. The summed E-state index contributed by atoms with van der Waals surface area (Å²) >= 11 is 0. The van der Waals surface area contributed by atoms with Crippen molar-refractivity contribution in [2.75, 3.05) is 0 Å². The van der Waals surface area contributed by atoms with E-state index in [0.29, 0.717) is 5.56 Å². The van der Waals surface area contributed by atoms with E-state index in [2.05, 4.69) is 4.98 Å². The first-order valence-electron chi connectivity index (χ1n) is 5.38. The Labute approximate surface area is 98.8 Å². The van der Waals surface area contributed by atoms with Crippen molar-refractivity contribution in [3.8, 4) is 0 Å². The molecule has 86 valence electrons. The first kappa shape index (κ1) is 11.3. The number of allylic oxidation sites excluding steroid dienone is 1. The molecule has 0 aliphatic heterocycles. The highest BCUT2D eigenvalue weighted by Gasteiger charge is 2.00. The predicted molar refractivity (Wildman–Crippen MR) is 69.0 cm³/mol. The molecule has 0 atom stereocenters. The van der Waals surface area contributed by atoms with E-state index in [-0.39, 0.29) is 11.3 Å². The van der Waals surface area contributed by atoms with Crippen molar-refractivity contribution in [3.63, 3.8) is 0 Å². The van der Waals surface area contributed by atoms with Crippen LogP contribution in [-0.4, -0.2) is 10.8 Å². The lowest BCUT2D eigenvalue weighted by Gasteiger charge is -2.00. The lowest BCUT2D eigenvalue weighted by atomic mass is 10.1. The van der Waals surface area contributed by atoms with E-state index in [1.54, 1.807) is 12.1 Å². The third kappa shape index (κ3) is 2.50. The second kappa shape index (κ2) is 4.37. The van der Waals surface area contributed by atoms with Gasteiger partial charge in [-0.2, -0.15) is 0 Å². The number of aryl methyl sites for hydroxylation is 1. The summed E-state index contributed by atoms with van der Waals surface area (Å²) in [6.45, 7) is 3.45. The van der Waals surface area contributed by atoms with Gasteiger partial charge in [0.25, 0.3) is 5.56 Å². The van der Waals surface area contributed by atoms with Gasteiger partial charge in [0.15, 0.2) is 5.78 Å². The number of aromatic amines is 1. The Hall–Kier alpha value is -2.16. The highest BCUT2D eigenvalue weighted by molar-refractivity contribution is 5.92. The third-order valence-electron chi connectivity index (χ3n) is 2.53. The van der Waals surface area contributed by atoms with Gasteiger partial charge in [0.2, 0.25) is 0 Å². The van der Waals surface area contributed by atoms with Gasteiger partial charge in [-0.3, -0.25) is 9.59 Å². The zero-order valence-corrected chi connectivity index (χ0v) is 9.78. The Balaban J connectivity index is 2.61. The quantitative estimate of drug-likeness (QED) is 0.801. The maximum atomic E-state index is 11.7. The van der Waals surface area contributed by atoms with Gasteiger partial charge in [0.1, 0.15) is 0 Å². The van der Waals surface area contributed by atoms with Gasteiger partial charge in [0, 0.05) is 11.1 Å². The monoisotopic (exact) mass is 227 g/mol. The van der Waals surface area contributed by atoms with E-state index in [9.17, 15) is 9.59 Å². The van der Waals surface area contributed by atoms with Crippen LogP contribution in [0.2, 0.25) is 0 Å². The van der Waals surface area contributed by atoms with Crippen molar-refractivity contribution in [2.45, 2.75) is 13.8 Å². The summed E-state index contributed by atoms with van der Waals surface area (Å²) in [4.78, 5) is 25.4. The number of rotatable bonds is 2. The van der Waals surface area contributed by atoms with Crippen LogP contribution in [0.5, 0.6) is 0 Å². The molecule has 0 saturated carbocycles. The third-order valence-corrected chi connectivity index (χ3v) is 2.53. The fraction of sp³-hybridized carbons (Fsp3) is 0.143. The van der Waals surface area contributed by atoms with Crippen LogP contribution < -0.4 is 5.56 Å². The fourth-order valence-electron chi connectivity index (χ4n) is 1.67. The number of ketones is 1. The first-order chi connectivity index (χ1) is 8.06. The number of nitrogens with one attached hydrogen (secondary N) is 1. The molecule has 0 spiro atoms. The Morgan fingerprint density at radius 1 is 1.29 bits per heavy atom. The molecular weight excluding hydrogens is 214 g/mol. The fourth-order valence-corrected chi connectivity index (χ4v) is 1.67. The number of fused-ring (bicyclic) bond motifs is 1. The van der Waals surface area contributed by atoms with Crippen molar-refractivity contribution in [1.82, 2.24) is 4.98 Å². The second-order valence-electron chi connectivity index (χ2n) is 4.09. The van der Waals surface area contributed by atoms with Crippen LogP contribution in [0.25, 0.3) is 17.0 Å². The standard InChI is InChI=1S/C14H13NO2/c1-9-3-6-13-12(7-9)8-11(14(17)15-13)5-4-10(2)16/h3-8H,1-2H3,(H,15,17)/b5-4-. The van der Waals surface area contributed by atoms with Crippen molar-refractivity contribution in [3.05, 3.63) is 51.8 Å². The zero-order chi connectivity index (χ0) is 12.4. The average molecular weight is 227 g/mol. The highest BCUT2D eigenvalue weighted by atomic mass is 16.1. The number of pyridine rings is 1. The molecule has 0 unspecified atom stereocenters. The SMILES string of the molecule is CC(=O)/C=C\c1cc2cc(C)ccc2[nH]c1=O. The van der Waals surface area contributed by atoms with E-state index in [1.165, 1.54) is 13.0 Å². The number of hydrogen-bond acceptors (Lipinski definition) is 2. The van der Waals surface area contributed by atoms with Crippen LogP contribution >= 0.6 is 0 Å². The van der Waals surface area contributed by atoms with E-state index in [4.69, 9.17) is 0 Å². The minimum absolute atomic E-state index is 0.0752. The van der Waals surface area contributed by atoms with E-state index in [1.807, 2.05) is 25.1 Å². The summed E-state index contributed by atoms with van der Waals surface area (Å²) < 4.78 is 0. The van der Waals surface area contributed by atoms with E-state index in [0.717, 1.165) is 16.5 Å². The summed E-state index contributed by atoms with van der Waals surface area (Å²) in [6.07, 6.45) is 2.94. The number of H-pyrrole nitrogens is 1. The molecule has 3 heteroatoms. The van der Waals surface area contributed by atoms with Gasteiger partial charge in [-0.05, 0) is 49.6 Å². The molecule has 0 aliphatic rings. The van der Waals surface area contributed by atoms with Crippen LogP contribution in [0.15, 0.2) is 35.1 Å². The molecule has 0 aliphatic carbocycles. The molecule has 2 aromatic rings. The van der Waals surface area contributed by atoms with Gasteiger partial charge in [-0.25, -0.2) is 0 Å². The molecule has 0 bridgehead atoms. The summed E-state index contributed by atoms with van der Waals surface area (Å²) in [5.41, 5.74) is 2.25. The van der Waals surface area contributed by atoms with E-state index >= 15 is 0 Å². The van der Waals surface area contributed by atoms with Crippen LogP contribution in [0.4, 0.5) is 0 Å². The van der Waals surface area contributed by atoms with Crippen LogP contribution in [0, 0.1) is 6.92 Å². The topological polar surface area (TPSA) is 49.9 Å². The number of benzene rings is 1. The predicted octanol–water partition coefficient (Wildman–Crippen LogP) is 2.44. The Morgan fingerprint density at radius 3 is 2.76 bits per heavy atom. The van der Waals surface area contributed by atoms with E-state index < -0.39 is 0 Å². The molecule has 17 heavy (non-hydrogen) atoms. The zero-order valence-electron chi connectivity index (χ0n) is 9.78. The molecule has 1 aromatic carbocycles. The minimum Gasteiger partial charge on any atom is -0.321 e. The van der Waals surface area contributed by atoms with Gasteiger partial charge in [-0.15, -0.1) is 0 Å². The van der Waals surface area contributed by atoms with Gasteiger partial charge < -0.3 is 4.98 Å². The first-order valence-corrected chi connectivity index (χ1v) is 5.38. The molecule has 0 amide bonds. The highest BCUT2D eigenvalue weighted by Crippen LogP contribution is 2.13. The molecule has 0 fully saturated rings. The number of carbonyl (C=O) groups excluding carboxylic acids is 1. The average Bonchev–Trinajstić information content (AvgIpc) is 2.26. The molecule has 1 N–H and O–H groups in total. The normalized spacial score (nSPS) is 11.2. The van der Waals surface area contributed by atoms with Crippen LogP contribution in [0.1, 0.15) is 18.1 Å². The molecular formula is C14H13NO2. The van der Waals surface area contributed by atoms with Crippen molar-refractivity contribution >= 4 is 22.8 Å². The van der Waals surface area contributed by atoms with Gasteiger partial charge in [0.05, 0.1) is 0 Å². The molecule has 1 heterocycles. The molecule has 1 aromatic heterocycles. The summed E-state index contributed by atoms with van der Waals surface area (Å²) in [5, 5.41) is 0.966. The number of hydrogen-bond donors (Lipinski definition) is 1. The van der Waals surface area contributed by atoms with Crippen LogP contribution in [-0.2, 0) is 4.79 Å². The lowest BCUT2D eigenvalue weighted by molar-refractivity contribution is -0.112. The van der Waals surface area contributed by atoms with Crippen molar-refractivity contribution < 1.29 is 4.79 Å². The smallest absolute Gasteiger partial charge is 0.255 e.